The van der Waals surface area contributed by atoms with Crippen LogP contribution in [-0.2, 0) is 34.7 Å². The number of rotatable bonds is 12. The van der Waals surface area contributed by atoms with Crippen LogP contribution < -0.4 is 11.3 Å². The molecule has 22 heteroatoms. The molecule has 1 aliphatic heterocycles. The fraction of sp³-hybridized carbons (Fsp3) is 0.476. The summed E-state index contributed by atoms with van der Waals surface area (Å²) < 4.78 is 32.7. The van der Waals surface area contributed by atoms with Crippen LogP contribution in [0, 0.1) is 0 Å². The van der Waals surface area contributed by atoms with E-state index in [0.29, 0.717) is 23.3 Å². The number of aromatic amines is 1. The molecule has 240 valence electrons. The van der Waals surface area contributed by atoms with Crippen LogP contribution in [0.1, 0.15) is 20.1 Å². The van der Waals surface area contributed by atoms with E-state index >= 15 is 0 Å². The summed E-state index contributed by atoms with van der Waals surface area (Å²) in [5.74, 6) is -0.177. The molecule has 4 atom stereocenters. The highest BCUT2D eigenvalue weighted by Gasteiger charge is 2.45. The van der Waals surface area contributed by atoms with E-state index in [2.05, 4.69) is 19.5 Å². The fourth-order valence-electron chi connectivity index (χ4n) is 3.57. The van der Waals surface area contributed by atoms with Gasteiger partial charge in [0.25, 0.3) is 5.56 Å². The van der Waals surface area contributed by atoms with Crippen LogP contribution in [0.4, 0.5) is 5.95 Å². The van der Waals surface area contributed by atoms with Crippen molar-refractivity contribution in [3.05, 3.63) is 44.9 Å². The van der Waals surface area contributed by atoms with E-state index in [1.165, 1.54) is 22.3 Å². The van der Waals surface area contributed by atoms with E-state index in [1.54, 1.807) is 23.9 Å². The molecule has 4 rings (SSSR count). The Kier molecular flexibility index (Phi) is 13.8. The molecule has 43 heavy (non-hydrogen) atoms. The molecule has 0 bridgehead atoms. The minimum Gasteiger partial charge on any atom is -0.387 e. The molecule has 1 aliphatic rings. The van der Waals surface area contributed by atoms with Gasteiger partial charge in [-0.25, -0.2) is 9.55 Å². The number of benzene rings is 1. The van der Waals surface area contributed by atoms with Crippen molar-refractivity contribution in [1.29, 1.82) is 0 Å². The van der Waals surface area contributed by atoms with Gasteiger partial charge >= 0.3 is 7.82 Å². The van der Waals surface area contributed by atoms with Crippen molar-refractivity contribution in [2.24, 2.45) is 0 Å². The highest BCUT2D eigenvalue weighted by atomic mass is 35.5. The Bertz CT molecular complexity index is 1540. The molecule has 0 unspecified atom stereocenters. The molecule has 2 aromatic heterocycles. The third-order valence-corrected chi connectivity index (χ3v) is 13.6. The second kappa shape index (κ2) is 16.2. The Labute approximate surface area is 268 Å². The van der Waals surface area contributed by atoms with Crippen LogP contribution >= 0.6 is 59.9 Å². The summed E-state index contributed by atoms with van der Waals surface area (Å²) >= 11 is 20.6. The molecule has 0 saturated carbocycles. The molecule has 1 fully saturated rings. The highest BCUT2D eigenvalue weighted by molar-refractivity contribution is 8.69. The topological polar surface area (TPSA) is 224 Å². The largest absolute Gasteiger partial charge is 0.469 e. The highest BCUT2D eigenvalue weighted by Crippen LogP contribution is 2.62. The number of imidazole rings is 1. The van der Waals surface area contributed by atoms with Crippen molar-refractivity contribution >= 4 is 88.8 Å². The lowest BCUT2D eigenvalue weighted by Gasteiger charge is -2.19. The number of aliphatic hydroxyl groups is 2. The maximum absolute atomic E-state index is 11.7. The number of H-pyrrole nitrogens is 1. The van der Waals surface area contributed by atoms with Crippen LogP contribution in [0.25, 0.3) is 11.2 Å². The molecule has 1 saturated heterocycles. The zero-order chi connectivity index (χ0) is 31.9. The van der Waals surface area contributed by atoms with Crippen LogP contribution in [-0.4, -0.2) is 82.7 Å². The first-order chi connectivity index (χ1) is 20.2. The van der Waals surface area contributed by atoms with Crippen LogP contribution in [0.5, 0.6) is 0 Å². The van der Waals surface area contributed by atoms with Gasteiger partial charge in [-0.2, -0.15) is 4.98 Å². The van der Waals surface area contributed by atoms with E-state index in [1.807, 2.05) is 19.9 Å². The lowest BCUT2D eigenvalue weighted by atomic mass is 10.1. The summed E-state index contributed by atoms with van der Waals surface area (Å²) in [7, 11) is -4.76. The van der Waals surface area contributed by atoms with Crippen LogP contribution in [0.3, 0.4) is 0 Å². The predicted molar refractivity (Wildman–Crippen MR) is 169 cm³/mol. The zero-order valence-corrected chi connectivity index (χ0v) is 28.2. The maximum Gasteiger partial charge on any atom is 0.469 e. The molecule has 0 amide bonds. The molecule has 3 heterocycles. The number of anilines is 1. The quantitative estimate of drug-likeness (QED) is 0.0888. The van der Waals surface area contributed by atoms with Crippen molar-refractivity contribution in [1.82, 2.24) is 19.5 Å². The Hall–Kier alpha value is -0.790. The predicted octanol–water partition coefficient (Wildman–Crippen LogP) is 3.50. The minimum atomic E-state index is -4.76. The number of aliphatic hydroxyl groups excluding tert-OH is 2. The molecule has 0 aliphatic carbocycles. The minimum absolute atomic E-state index is 0.0176. The third-order valence-electron chi connectivity index (χ3n) is 5.36. The smallest absolute Gasteiger partial charge is 0.387 e. The van der Waals surface area contributed by atoms with Gasteiger partial charge in [0.05, 0.1) is 36.3 Å². The van der Waals surface area contributed by atoms with Gasteiger partial charge in [0.2, 0.25) is 11.6 Å². The Morgan fingerprint density at radius 1 is 1.19 bits per heavy atom. The first-order valence-electron chi connectivity index (χ1n) is 12.2. The number of nitrogens with zero attached hydrogens (tertiary/aromatic N) is 3. The summed E-state index contributed by atoms with van der Waals surface area (Å²) in [4.78, 5) is 40.1. The molecule has 3 aromatic rings. The van der Waals surface area contributed by atoms with Crippen LogP contribution in [0.15, 0.2) is 34.2 Å². The van der Waals surface area contributed by atoms with Gasteiger partial charge in [-0.1, -0.05) is 34.6 Å². The molecule has 1 aromatic carbocycles. The van der Waals surface area contributed by atoms with Gasteiger partial charge in [0, 0.05) is 9.92 Å². The van der Waals surface area contributed by atoms with Crippen molar-refractivity contribution in [3.63, 3.8) is 0 Å². The van der Waals surface area contributed by atoms with E-state index < -0.39 is 50.2 Å². The van der Waals surface area contributed by atoms with Crippen molar-refractivity contribution in [2.45, 2.75) is 43.3 Å². The first kappa shape index (κ1) is 36.7. The summed E-state index contributed by atoms with van der Waals surface area (Å²) in [6.45, 7) is 4.31. The second-order valence-electron chi connectivity index (χ2n) is 8.36. The summed E-state index contributed by atoms with van der Waals surface area (Å²) in [6.07, 6.45) is -4.22. The number of ether oxygens (including phenoxy) is 1. The molecular weight excluding hydrogens is 711 g/mol. The fourth-order valence-corrected chi connectivity index (χ4v) is 11.4. The number of phosphoric ester groups is 1. The number of nitrogens with one attached hydrogen (secondary N) is 1. The number of phosphoric acid groups is 1. The average Bonchev–Trinajstić information content (AvgIpc) is 3.45. The lowest BCUT2D eigenvalue weighted by Crippen LogP contribution is -2.33. The average molecular weight is 741 g/mol. The normalized spacial score (nSPS) is 20.7. The molecule has 0 spiro atoms. The van der Waals surface area contributed by atoms with Crippen LogP contribution in [0.2, 0.25) is 10.0 Å². The van der Waals surface area contributed by atoms with Gasteiger partial charge in [0.1, 0.15) is 18.3 Å². The van der Waals surface area contributed by atoms with E-state index in [0.717, 1.165) is 9.98 Å². The zero-order valence-electron chi connectivity index (χ0n) is 22.5. The number of halogens is 2. The Morgan fingerprint density at radius 3 is 2.49 bits per heavy atom. The third kappa shape index (κ3) is 10.4. The second-order valence-corrected chi connectivity index (χ2v) is 18.1. The number of aromatic nitrogens is 4. The van der Waals surface area contributed by atoms with Gasteiger partial charge in [-0.3, -0.25) is 18.9 Å². The molecular formula is C21H29Cl2N5O10P2S3. The summed E-state index contributed by atoms with van der Waals surface area (Å²) in [6, 6.07) is 5.41. The molecule has 15 nitrogen and oxygen atoms in total. The number of nitrogen functional groups attached to an aromatic ring is 1. The Morgan fingerprint density at radius 2 is 1.86 bits per heavy atom. The number of nitrogens with two attached hydrogens (primary N) is 1. The number of hydrogen-bond donors (Lipinski definition) is 6. The first-order valence-corrected chi connectivity index (χ1v) is 19.7. The van der Waals surface area contributed by atoms with Gasteiger partial charge < -0.3 is 39.5 Å². The van der Waals surface area contributed by atoms with Crippen molar-refractivity contribution < 1.29 is 42.9 Å². The summed E-state index contributed by atoms with van der Waals surface area (Å²) in [5, 5.41) is 22.1. The monoisotopic (exact) mass is 739 g/mol. The SMILES string of the molecule is CCOP(=S)(OCC)SCSc1cc(Cl)ccc1Cl.Nc1nc2c(ncn2[C@@H]2O[C@H](COP(=O)(O)O)[C@@H](O)[C@H]2O)c(=O)[nH]1. The number of hydrogen-bond acceptors (Lipinski definition) is 14. The Balaban J connectivity index is 0.000000243. The van der Waals surface area contributed by atoms with Crippen molar-refractivity contribution in [3.8, 4) is 0 Å². The van der Waals surface area contributed by atoms with E-state index in [9.17, 15) is 19.6 Å². The molecule has 7 N–H and O–H groups in total. The summed E-state index contributed by atoms with van der Waals surface area (Å²) in [5.41, 5.74) is 2.61. The van der Waals surface area contributed by atoms with E-state index in [4.69, 9.17) is 64.3 Å². The number of thioether (sulfide) groups is 1. The van der Waals surface area contributed by atoms with Gasteiger partial charge in [-0.05, 0) is 43.9 Å². The van der Waals surface area contributed by atoms with E-state index in [-0.39, 0.29) is 17.1 Å². The lowest BCUT2D eigenvalue weighted by molar-refractivity contribution is -0.0503. The number of fused-ring (bicyclic) bond motifs is 1. The molecule has 0 radical (unpaired) electrons. The maximum atomic E-state index is 11.7. The van der Waals surface area contributed by atoms with Gasteiger partial charge in [0.15, 0.2) is 17.4 Å². The standard InChI is InChI=1S/C11H15Cl2O2PS3.C10H14N5O8P/c1-3-14-16(17,15-4-2)19-8-18-11-7-9(12)5-6-10(11)13;11-10-13-7-4(8(18)14-10)12-2-15(7)9-6(17)5(16)3(23-9)1-22-24(19,20)21/h5-7H,3-4,8H2,1-2H3;2-3,5-6,9,16-17H,1H2,(H2,19,20,21)(H3,11,13,14,18)/t;3-,5-,6-,9-/m.1/s1. The van der Waals surface area contributed by atoms with Crippen molar-refractivity contribution in [2.75, 3.05) is 30.6 Å². The van der Waals surface area contributed by atoms with Gasteiger partial charge in [-0.15, -0.1) is 11.8 Å².